The number of carbonyl (C=O) groups is 1. The summed E-state index contributed by atoms with van der Waals surface area (Å²) in [5, 5.41) is 10.7. The Morgan fingerprint density at radius 3 is 2.27 bits per heavy atom. The number of aliphatic hydroxyl groups is 1. The predicted octanol–water partition coefficient (Wildman–Crippen LogP) is 2.96. The van der Waals surface area contributed by atoms with Crippen molar-refractivity contribution in [3.63, 3.8) is 0 Å². The maximum Gasteiger partial charge on any atom is 0.173 e. The Kier molecular flexibility index (Phi) is 2.89. The van der Waals surface area contributed by atoms with Crippen molar-refractivity contribution in [2.24, 2.45) is 11.8 Å². The van der Waals surface area contributed by atoms with Gasteiger partial charge in [-0.1, -0.05) is 0 Å². The molecule has 3 aliphatic rings. The van der Waals surface area contributed by atoms with Gasteiger partial charge in [-0.3, -0.25) is 4.79 Å². The fourth-order valence-corrected chi connectivity index (χ4v) is 4.50. The van der Waals surface area contributed by atoms with E-state index < -0.39 is 0 Å². The maximum atomic E-state index is 12.9. The van der Waals surface area contributed by atoms with Crippen LogP contribution in [0.4, 0.5) is 0 Å². The summed E-state index contributed by atoms with van der Waals surface area (Å²) in [6, 6.07) is 3.82. The van der Waals surface area contributed by atoms with Crippen LogP contribution in [0.3, 0.4) is 0 Å². The van der Waals surface area contributed by atoms with E-state index in [-0.39, 0.29) is 35.6 Å². The van der Waals surface area contributed by atoms with Crippen molar-refractivity contribution in [3.8, 4) is 5.75 Å². The van der Waals surface area contributed by atoms with Gasteiger partial charge in [-0.2, -0.15) is 0 Å². The highest BCUT2D eigenvalue weighted by molar-refractivity contribution is 6.26. The molecule has 22 heavy (non-hydrogen) atoms. The zero-order valence-electron chi connectivity index (χ0n) is 13.1. The summed E-state index contributed by atoms with van der Waals surface area (Å²) >= 11 is 0. The number of fused-ring (bicyclic) bond motifs is 5. The highest BCUT2D eigenvalue weighted by Crippen LogP contribution is 2.54. The third-order valence-electron chi connectivity index (χ3n) is 5.39. The minimum Gasteiger partial charge on any atom is -0.511 e. The van der Waals surface area contributed by atoms with E-state index in [1.807, 2.05) is 26.0 Å². The normalized spacial score (nSPS) is 32.8. The van der Waals surface area contributed by atoms with Crippen LogP contribution in [0.25, 0.3) is 5.57 Å². The number of aryl methyl sites for hydroxylation is 2. The van der Waals surface area contributed by atoms with Crippen molar-refractivity contribution in [2.45, 2.75) is 38.9 Å². The molecule has 2 bridgehead atoms. The van der Waals surface area contributed by atoms with Gasteiger partial charge < -0.3 is 14.6 Å². The smallest absolute Gasteiger partial charge is 0.173 e. The van der Waals surface area contributed by atoms with Crippen LogP contribution in [0.15, 0.2) is 17.9 Å². The summed E-state index contributed by atoms with van der Waals surface area (Å²) in [7, 11) is 1.63. The zero-order valence-corrected chi connectivity index (χ0v) is 13.1. The van der Waals surface area contributed by atoms with Gasteiger partial charge in [0.2, 0.25) is 0 Å². The van der Waals surface area contributed by atoms with Crippen LogP contribution < -0.4 is 4.74 Å². The van der Waals surface area contributed by atoms with Crippen molar-refractivity contribution < 1.29 is 19.4 Å². The molecule has 0 amide bonds. The van der Waals surface area contributed by atoms with Gasteiger partial charge in [0.1, 0.15) is 11.5 Å². The molecule has 2 heterocycles. The molecule has 0 unspecified atom stereocenters. The van der Waals surface area contributed by atoms with E-state index in [0.717, 1.165) is 35.3 Å². The van der Waals surface area contributed by atoms with E-state index in [9.17, 15) is 9.90 Å². The monoisotopic (exact) mass is 300 g/mol. The van der Waals surface area contributed by atoms with Crippen molar-refractivity contribution >= 4 is 11.4 Å². The molecule has 1 aromatic rings. The number of carbonyl (C=O) groups excluding carboxylic acids is 1. The summed E-state index contributed by atoms with van der Waals surface area (Å²) in [6.07, 6.45) is 1.87. The van der Waals surface area contributed by atoms with Gasteiger partial charge in [-0.05, 0) is 55.5 Å². The molecule has 1 aromatic carbocycles. The summed E-state index contributed by atoms with van der Waals surface area (Å²) in [4.78, 5) is 12.9. The lowest BCUT2D eigenvalue weighted by molar-refractivity contribution is -0.118. The average molecular weight is 300 g/mol. The number of allylic oxidation sites excluding steroid dienone is 1. The van der Waals surface area contributed by atoms with E-state index in [2.05, 4.69) is 0 Å². The van der Waals surface area contributed by atoms with Gasteiger partial charge in [-0.25, -0.2) is 0 Å². The van der Waals surface area contributed by atoms with Gasteiger partial charge in [0.05, 0.1) is 36.7 Å². The van der Waals surface area contributed by atoms with Crippen LogP contribution in [-0.2, 0) is 9.53 Å². The highest BCUT2D eigenvalue weighted by atomic mass is 16.5. The van der Waals surface area contributed by atoms with E-state index in [0.29, 0.717) is 5.57 Å². The number of ether oxygens (including phenoxy) is 2. The number of hydrogen-bond acceptors (Lipinski definition) is 4. The summed E-state index contributed by atoms with van der Waals surface area (Å²) in [5.74, 6) is 0.731. The molecule has 4 heteroatoms. The third-order valence-corrected chi connectivity index (χ3v) is 5.39. The Morgan fingerprint density at radius 2 is 1.73 bits per heavy atom. The fourth-order valence-electron chi connectivity index (χ4n) is 4.50. The maximum absolute atomic E-state index is 12.9. The first-order valence-electron chi connectivity index (χ1n) is 7.81. The summed E-state index contributed by atoms with van der Waals surface area (Å²) in [6.45, 7) is 3.91. The van der Waals surface area contributed by atoms with Crippen LogP contribution in [0.1, 0.15) is 29.5 Å². The molecule has 1 N–H and O–H groups in total. The molecule has 4 nitrogen and oxygen atoms in total. The van der Waals surface area contributed by atoms with Gasteiger partial charge in [0.25, 0.3) is 0 Å². The van der Waals surface area contributed by atoms with Crippen molar-refractivity contribution in [3.05, 3.63) is 34.6 Å². The Morgan fingerprint density at radius 1 is 1.14 bits per heavy atom. The van der Waals surface area contributed by atoms with Gasteiger partial charge in [0.15, 0.2) is 5.78 Å². The highest BCUT2D eigenvalue weighted by Gasteiger charge is 2.59. The standard InChI is InChI=1S/C18H20O4/c1-8-6-10(21-3)7-9(2)13(8)16-17(19)14-11-4-5-12(22-11)15(14)18(16)20/h6-7,11-12,14-15,19H,4-5H2,1-3H3/t11-,12+,14-,15+/m1/s1. The average Bonchev–Trinajstić information content (AvgIpc) is 3.15. The number of Topliss-reactive ketones (excluding diaryl/α,β-unsaturated/α-hetero) is 1. The van der Waals surface area contributed by atoms with Crippen molar-refractivity contribution in [2.75, 3.05) is 7.11 Å². The van der Waals surface area contributed by atoms with Crippen LogP contribution in [0.5, 0.6) is 5.75 Å². The quantitative estimate of drug-likeness (QED) is 0.912. The molecular weight excluding hydrogens is 280 g/mol. The molecule has 4 atom stereocenters. The molecule has 4 rings (SSSR count). The second-order valence-corrected chi connectivity index (χ2v) is 6.60. The number of methoxy groups -OCH3 is 1. The second kappa shape index (κ2) is 4.59. The van der Waals surface area contributed by atoms with Crippen LogP contribution in [-0.4, -0.2) is 30.2 Å². The number of ketones is 1. The lowest BCUT2D eigenvalue weighted by atomic mass is 9.80. The Hall–Kier alpha value is -1.81. The first kappa shape index (κ1) is 13.8. The third kappa shape index (κ3) is 1.64. The topological polar surface area (TPSA) is 55.8 Å². The summed E-state index contributed by atoms with van der Waals surface area (Å²) in [5.41, 5.74) is 3.28. The van der Waals surface area contributed by atoms with Crippen molar-refractivity contribution in [1.29, 1.82) is 0 Å². The largest absolute Gasteiger partial charge is 0.511 e. The van der Waals surface area contributed by atoms with E-state index in [1.165, 1.54) is 0 Å². The molecule has 2 aliphatic heterocycles. The molecule has 0 spiro atoms. The fraction of sp³-hybridized carbons (Fsp3) is 0.500. The van der Waals surface area contributed by atoms with Crippen LogP contribution in [0.2, 0.25) is 0 Å². The minimum absolute atomic E-state index is 0.00955. The Bertz CT molecular complexity index is 680. The van der Waals surface area contributed by atoms with E-state index in [4.69, 9.17) is 9.47 Å². The molecule has 116 valence electrons. The zero-order chi connectivity index (χ0) is 15.6. The number of rotatable bonds is 2. The first-order valence-corrected chi connectivity index (χ1v) is 7.81. The first-order chi connectivity index (χ1) is 10.5. The summed E-state index contributed by atoms with van der Waals surface area (Å²) < 4.78 is 11.1. The van der Waals surface area contributed by atoms with Crippen LogP contribution in [0, 0.1) is 25.7 Å². The molecule has 2 saturated heterocycles. The lowest BCUT2D eigenvalue weighted by Gasteiger charge is -2.19. The minimum atomic E-state index is -0.186. The number of aliphatic hydroxyl groups excluding tert-OH is 1. The molecular formula is C18H20O4. The number of benzene rings is 1. The second-order valence-electron chi connectivity index (χ2n) is 6.60. The SMILES string of the molecule is COc1cc(C)c(C2=C(O)[C@H]3[C@@H](C2=O)[C@@H]2CC[C@H]3O2)c(C)c1. The van der Waals surface area contributed by atoms with Gasteiger partial charge in [-0.15, -0.1) is 0 Å². The van der Waals surface area contributed by atoms with E-state index >= 15 is 0 Å². The Balaban J connectivity index is 1.85. The molecule has 1 aliphatic carbocycles. The molecule has 0 saturated carbocycles. The van der Waals surface area contributed by atoms with Crippen LogP contribution >= 0.6 is 0 Å². The van der Waals surface area contributed by atoms with Crippen molar-refractivity contribution in [1.82, 2.24) is 0 Å². The van der Waals surface area contributed by atoms with Gasteiger partial charge in [0, 0.05) is 0 Å². The number of hydrogen-bond donors (Lipinski definition) is 1. The van der Waals surface area contributed by atoms with E-state index in [1.54, 1.807) is 7.11 Å². The lowest BCUT2D eigenvalue weighted by Crippen LogP contribution is -2.29. The molecule has 0 radical (unpaired) electrons. The molecule has 2 fully saturated rings. The predicted molar refractivity (Wildman–Crippen MR) is 81.9 cm³/mol. The Labute approximate surface area is 129 Å². The van der Waals surface area contributed by atoms with Gasteiger partial charge >= 0.3 is 0 Å². The molecule has 0 aromatic heterocycles.